The first-order valence-corrected chi connectivity index (χ1v) is 9.64. The highest BCUT2D eigenvalue weighted by molar-refractivity contribution is 7.16. The van der Waals surface area contributed by atoms with Crippen molar-refractivity contribution in [2.24, 2.45) is 0 Å². The highest BCUT2D eigenvalue weighted by Gasteiger charge is 2.21. The second-order valence-corrected chi connectivity index (χ2v) is 7.46. The number of rotatable bonds is 6. The number of nitrogens with zero attached hydrogens (tertiary/aromatic N) is 2. The van der Waals surface area contributed by atoms with E-state index in [-0.39, 0.29) is 17.7 Å². The Kier molecular flexibility index (Phi) is 5.71. The average molecular weight is 382 g/mol. The summed E-state index contributed by atoms with van der Waals surface area (Å²) in [6.07, 6.45) is 1.76. The van der Waals surface area contributed by atoms with Gasteiger partial charge in [-0.1, -0.05) is 32.0 Å². The van der Waals surface area contributed by atoms with Gasteiger partial charge in [0, 0.05) is 23.3 Å². The summed E-state index contributed by atoms with van der Waals surface area (Å²) in [7, 11) is 0. The molecular formula is C20H22N4O2S. The van der Waals surface area contributed by atoms with Crippen LogP contribution in [0.25, 0.3) is 0 Å². The Morgan fingerprint density at radius 1 is 1.11 bits per heavy atom. The third-order valence-corrected chi connectivity index (χ3v) is 5.37. The molecule has 0 spiro atoms. The van der Waals surface area contributed by atoms with Gasteiger partial charge >= 0.3 is 0 Å². The number of aromatic nitrogens is 2. The molecule has 0 fully saturated rings. The van der Waals surface area contributed by atoms with E-state index in [9.17, 15) is 9.59 Å². The monoisotopic (exact) mass is 382 g/mol. The van der Waals surface area contributed by atoms with Crippen molar-refractivity contribution in [2.75, 3.05) is 10.6 Å². The van der Waals surface area contributed by atoms with Gasteiger partial charge in [-0.25, -0.2) is 0 Å². The number of amides is 2. The van der Waals surface area contributed by atoms with Gasteiger partial charge in [0.1, 0.15) is 5.00 Å². The van der Waals surface area contributed by atoms with Crippen molar-refractivity contribution in [3.8, 4) is 0 Å². The SMILES string of the molecule is CCn1ccc(C(=O)Nc2sc(C(C)C)cc2C(=O)Nc2ccccc2)n1. The van der Waals surface area contributed by atoms with Crippen LogP contribution in [0.4, 0.5) is 10.7 Å². The molecule has 3 aromatic rings. The van der Waals surface area contributed by atoms with Crippen LogP contribution in [-0.4, -0.2) is 21.6 Å². The van der Waals surface area contributed by atoms with Crippen LogP contribution in [0, 0.1) is 0 Å². The Morgan fingerprint density at radius 2 is 1.85 bits per heavy atom. The van der Waals surface area contributed by atoms with Gasteiger partial charge in [0.15, 0.2) is 5.69 Å². The summed E-state index contributed by atoms with van der Waals surface area (Å²) in [5.74, 6) is -0.324. The Morgan fingerprint density at radius 3 is 2.48 bits per heavy atom. The van der Waals surface area contributed by atoms with E-state index in [0.29, 0.717) is 28.5 Å². The van der Waals surface area contributed by atoms with Crippen LogP contribution < -0.4 is 10.6 Å². The maximum atomic E-state index is 12.8. The molecule has 0 radical (unpaired) electrons. The maximum absolute atomic E-state index is 12.8. The molecule has 0 unspecified atom stereocenters. The number of hydrogen-bond acceptors (Lipinski definition) is 4. The summed E-state index contributed by atoms with van der Waals surface area (Å²) >= 11 is 1.41. The van der Waals surface area contributed by atoms with Gasteiger partial charge in [-0.05, 0) is 37.1 Å². The molecule has 2 N–H and O–H groups in total. The normalized spacial score (nSPS) is 10.8. The minimum absolute atomic E-state index is 0.251. The molecule has 1 aromatic carbocycles. The summed E-state index contributed by atoms with van der Waals surface area (Å²) in [4.78, 5) is 26.3. The van der Waals surface area contributed by atoms with Crippen LogP contribution >= 0.6 is 11.3 Å². The number of thiophene rings is 1. The molecule has 0 saturated carbocycles. The van der Waals surface area contributed by atoms with Crippen LogP contribution in [0.3, 0.4) is 0 Å². The number of anilines is 2. The summed E-state index contributed by atoms with van der Waals surface area (Å²) < 4.78 is 1.69. The van der Waals surface area contributed by atoms with E-state index in [0.717, 1.165) is 4.88 Å². The molecule has 2 amide bonds. The number of aryl methyl sites for hydroxylation is 1. The van der Waals surface area contributed by atoms with Crippen molar-refractivity contribution >= 4 is 33.8 Å². The molecule has 6 nitrogen and oxygen atoms in total. The standard InChI is InChI=1S/C20H22N4O2S/c1-4-24-11-10-16(23-24)19(26)22-20-15(12-17(27-20)13(2)3)18(25)21-14-8-6-5-7-9-14/h5-13H,4H2,1-3H3,(H,21,25)(H,22,26). The van der Waals surface area contributed by atoms with Crippen molar-refractivity contribution in [3.63, 3.8) is 0 Å². The van der Waals surface area contributed by atoms with Crippen molar-refractivity contribution < 1.29 is 9.59 Å². The van der Waals surface area contributed by atoms with E-state index in [4.69, 9.17) is 0 Å². The molecule has 7 heteroatoms. The van der Waals surface area contributed by atoms with E-state index < -0.39 is 0 Å². The van der Waals surface area contributed by atoms with Crippen molar-refractivity contribution in [1.82, 2.24) is 9.78 Å². The largest absolute Gasteiger partial charge is 0.322 e. The third kappa shape index (κ3) is 4.43. The van der Waals surface area contributed by atoms with Gasteiger partial charge in [-0.3, -0.25) is 14.3 Å². The van der Waals surface area contributed by atoms with Gasteiger partial charge in [0.2, 0.25) is 0 Å². The number of carbonyl (C=O) groups excluding carboxylic acids is 2. The number of para-hydroxylation sites is 1. The molecule has 27 heavy (non-hydrogen) atoms. The predicted octanol–water partition coefficient (Wildman–Crippen LogP) is 4.59. The molecule has 0 atom stereocenters. The first-order chi connectivity index (χ1) is 13.0. The van der Waals surface area contributed by atoms with E-state index >= 15 is 0 Å². The molecule has 2 aromatic heterocycles. The quantitative estimate of drug-likeness (QED) is 0.654. The first kappa shape index (κ1) is 18.8. The second-order valence-electron chi connectivity index (χ2n) is 6.38. The number of carbonyl (C=O) groups is 2. The predicted molar refractivity (Wildman–Crippen MR) is 109 cm³/mol. The third-order valence-electron chi connectivity index (χ3n) is 4.02. The van der Waals surface area contributed by atoms with E-state index in [1.165, 1.54) is 11.3 Å². The molecular weight excluding hydrogens is 360 g/mol. The van der Waals surface area contributed by atoms with Gasteiger partial charge in [-0.15, -0.1) is 11.3 Å². The summed E-state index contributed by atoms with van der Waals surface area (Å²) in [5.41, 5.74) is 1.49. The number of nitrogens with one attached hydrogen (secondary N) is 2. The molecule has 2 heterocycles. The minimum atomic E-state index is -0.326. The van der Waals surface area contributed by atoms with E-state index in [1.807, 2.05) is 43.3 Å². The highest BCUT2D eigenvalue weighted by atomic mass is 32.1. The van der Waals surface area contributed by atoms with Crippen LogP contribution in [0.15, 0.2) is 48.7 Å². The fourth-order valence-corrected chi connectivity index (χ4v) is 3.56. The molecule has 0 aliphatic rings. The minimum Gasteiger partial charge on any atom is -0.322 e. The lowest BCUT2D eigenvalue weighted by atomic mass is 10.1. The lowest BCUT2D eigenvalue weighted by Crippen LogP contribution is -2.17. The Hall–Kier alpha value is -2.93. The maximum Gasteiger partial charge on any atom is 0.276 e. The van der Waals surface area contributed by atoms with Crippen molar-refractivity contribution in [2.45, 2.75) is 33.2 Å². The van der Waals surface area contributed by atoms with Crippen LogP contribution in [0.5, 0.6) is 0 Å². The van der Waals surface area contributed by atoms with Gasteiger partial charge < -0.3 is 10.6 Å². The fraction of sp³-hybridized carbons (Fsp3) is 0.250. The second kappa shape index (κ2) is 8.18. The lowest BCUT2D eigenvalue weighted by molar-refractivity contribution is 0.102. The van der Waals surface area contributed by atoms with E-state index in [2.05, 4.69) is 29.6 Å². The van der Waals surface area contributed by atoms with Crippen LogP contribution in [-0.2, 0) is 6.54 Å². The molecule has 3 rings (SSSR count). The molecule has 140 valence electrons. The zero-order chi connectivity index (χ0) is 19.4. The van der Waals surface area contributed by atoms with Crippen molar-refractivity contribution in [1.29, 1.82) is 0 Å². The van der Waals surface area contributed by atoms with Gasteiger partial charge in [-0.2, -0.15) is 5.10 Å². The summed E-state index contributed by atoms with van der Waals surface area (Å²) in [6.45, 7) is 6.75. The lowest BCUT2D eigenvalue weighted by Gasteiger charge is -2.07. The Bertz CT molecular complexity index is 944. The molecule has 0 saturated heterocycles. The zero-order valence-corrected chi connectivity index (χ0v) is 16.3. The summed E-state index contributed by atoms with van der Waals surface area (Å²) in [5, 5.41) is 10.5. The zero-order valence-electron chi connectivity index (χ0n) is 15.5. The molecule has 0 bridgehead atoms. The Balaban J connectivity index is 1.85. The number of hydrogen-bond donors (Lipinski definition) is 2. The molecule has 0 aliphatic heterocycles. The van der Waals surface area contributed by atoms with Crippen molar-refractivity contribution in [3.05, 3.63) is 64.8 Å². The fourth-order valence-electron chi connectivity index (χ4n) is 2.50. The van der Waals surface area contributed by atoms with Crippen LogP contribution in [0.2, 0.25) is 0 Å². The van der Waals surface area contributed by atoms with E-state index in [1.54, 1.807) is 16.9 Å². The Labute approximate surface area is 162 Å². The van der Waals surface area contributed by atoms with Gasteiger partial charge in [0.25, 0.3) is 11.8 Å². The smallest absolute Gasteiger partial charge is 0.276 e. The average Bonchev–Trinajstić information content (AvgIpc) is 3.29. The van der Waals surface area contributed by atoms with Gasteiger partial charge in [0.05, 0.1) is 5.56 Å². The van der Waals surface area contributed by atoms with Crippen LogP contribution in [0.1, 0.15) is 52.4 Å². The topological polar surface area (TPSA) is 76.0 Å². The molecule has 0 aliphatic carbocycles. The highest BCUT2D eigenvalue weighted by Crippen LogP contribution is 2.33. The first-order valence-electron chi connectivity index (χ1n) is 8.83. The summed E-state index contributed by atoms with van der Waals surface area (Å²) in [6, 6.07) is 12.8. The number of benzene rings is 1.